The second-order valence-electron chi connectivity index (χ2n) is 6.44. The molecule has 3 N–H and O–H groups in total. The summed E-state index contributed by atoms with van der Waals surface area (Å²) < 4.78 is 0. The zero-order valence-corrected chi connectivity index (χ0v) is 15.3. The second kappa shape index (κ2) is 5.77. The van der Waals surface area contributed by atoms with Gasteiger partial charge in [-0.05, 0) is 31.0 Å². The molecular formula is C18H17N5O2S. The minimum absolute atomic E-state index is 0.275. The van der Waals surface area contributed by atoms with Gasteiger partial charge in [-0.3, -0.25) is 14.7 Å². The van der Waals surface area contributed by atoms with Crippen molar-refractivity contribution in [2.75, 3.05) is 10.2 Å². The molecule has 0 aromatic carbocycles. The van der Waals surface area contributed by atoms with Gasteiger partial charge in [0.05, 0.1) is 28.1 Å². The maximum absolute atomic E-state index is 12.9. The summed E-state index contributed by atoms with van der Waals surface area (Å²) >= 11 is 1.19. The summed E-state index contributed by atoms with van der Waals surface area (Å²) in [5, 5.41) is 3.58. The van der Waals surface area contributed by atoms with Crippen molar-refractivity contribution in [3.8, 4) is 0 Å². The first-order valence-electron chi connectivity index (χ1n) is 8.18. The van der Waals surface area contributed by atoms with E-state index in [4.69, 9.17) is 5.73 Å². The first-order valence-corrected chi connectivity index (χ1v) is 9.00. The third kappa shape index (κ3) is 2.33. The lowest BCUT2D eigenvalue weighted by atomic mass is 10.1. The van der Waals surface area contributed by atoms with Crippen molar-refractivity contribution < 1.29 is 9.59 Å². The van der Waals surface area contributed by atoms with Crippen LogP contribution in [0.1, 0.15) is 40.8 Å². The summed E-state index contributed by atoms with van der Waals surface area (Å²) in [6.07, 6.45) is 1.60. The molecule has 0 unspecified atom stereocenters. The van der Waals surface area contributed by atoms with Crippen LogP contribution in [0, 0.1) is 6.92 Å². The van der Waals surface area contributed by atoms with Gasteiger partial charge in [0.15, 0.2) is 0 Å². The van der Waals surface area contributed by atoms with E-state index in [1.165, 1.54) is 16.2 Å². The van der Waals surface area contributed by atoms with Crippen molar-refractivity contribution in [3.05, 3.63) is 40.7 Å². The summed E-state index contributed by atoms with van der Waals surface area (Å²) in [7, 11) is 0. The maximum Gasteiger partial charge on any atom is 0.331 e. The fraction of sp³-hybridized carbons (Fsp3) is 0.222. The Hall–Kier alpha value is -3.00. The van der Waals surface area contributed by atoms with Gasteiger partial charge in [-0.25, -0.2) is 9.78 Å². The standard InChI is InChI=1S/C18H17N5O2S/c1-8(2)10-4-5-12(9(3)21-10)23-14-13-11(22-18(23)25)6-7-20-17(13)26-15(14)16(19)24/h4-8H,1-3H3,(H2,19,24)(H,22,25). The molecule has 3 amide bonds. The van der Waals surface area contributed by atoms with Crippen molar-refractivity contribution >= 4 is 50.6 Å². The Balaban J connectivity index is 1.99. The third-order valence-electron chi connectivity index (χ3n) is 4.37. The van der Waals surface area contributed by atoms with Crippen molar-refractivity contribution in [3.63, 3.8) is 0 Å². The minimum atomic E-state index is -0.585. The molecule has 0 aliphatic carbocycles. The Morgan fingerprint density at radius 2 is 2.08 bits per heavy atom. The average Bonchev–Trinajstić information content (AvgIpc) is 2.97. The number of aryl methyl sites for hydroxylation is 1. The van der Waals surface area contributed by atoms with Crippen LogP contribution in [0.5, 0.6) is 0 Å². The predicted octanol–water partition coefficient (Wildman–Crippen LogP) is 3.91. The van der Waals surface area contributed by atoms with Crippen LogP contribution < -0.4 is 16.0 Å². The van der Waals surface area contributed by atoms with E-state index in [1.54, 1.807) is 12.3 Å². The number of aromatic nitrogens is 2. The molecule has 4 heterocycles. The van der Waals surface area contributed by atoms with Gasteiger partial charge in [0.2, 0.25) is 0 Å². The lowest BCUT2D eigenvalue weighted by Crippen LogP contribution is -2.35. The van der Waals surface area contributed by atoms with Crippen LogP contribution in [-0.2, 0) is 0 Å². The van der Waals surface area contributed by atoms with Crippen LogP contribution in [0.4, 0.5) is 21.9 Å². The van der Waals surface area contributed by atoms with Crippen molar-refractivity contribution in [1.82, 2.24) is 9.97 Å². The van der Waals surface area contributed by atoms with E-state index in [-0.39, 0.29) is 11.9 Å². The number of hydrogen-bond acceptors (Lipinski definition) is 5. The fourth-order valence-corrected chi connectivity index (χ4v) is 4.13. The average molecular weight is 367 g/mol. The number of carbonyl (C=O) groups is 2. The molecule has 132 valence electrons. The van der Waals surface area contributed by atoms with Crippen molar-refractivity contribution in [1.29, 1.82) is 0 Å². The van der Waals surface area contributed by atoms with Gasteiger partial charge in [-0.15, -0.1) is 11.3 Å². The maximum atomic E-state index is 12.9. The first kappa shape index (κ1) is 16.5. The van der Waals surface area contributed by atoms with E-state index in [2.05, 4.69) is 29.1 Å². The number of thiophene rings is 1. The summed E-state index contributed by atoms with van der Waals surface area (Å²) in [6, 6.07) is 5.11. The highest BCUT2D eigenvalue weighted by atomic mass is 32.1. The van der Waals surface area contributed by atoms with Crippen LogP contribution in [0.15, 0.2) is 24.4 Å². The first-order chi connectivity index (χ1) is 12.4. The number of pyridine rings is 2. The molecule has 0 saturated carbocycles. The number of rotatable bonds is 3. The molecule has 3 aromatic heterocycles. The summed E-state index contributed by atoms with van der Waals surface area (Å²) in [4.78, 5) is 36.3. The van der Waals surface area contributed by atoms with Crippen molar-refractivity contribution in [2.24, 2.45) is 5.73 Å². The Morgan fingerprint density at radius 1 is 1.31 bits per heavy atom. The molecule has 1 aliphatic rings. The predicted molar refractivity (Wildman–Crippen MR) is 102 cm³/mol. The number of nitrogens with one attached hydrogen (secondary N) is 1. The molecule has 3 aromatic rings. The third-order valence-corrected chi connectivity index (χ3v) is 5.47. The van der Waals surface area contributed by atoms with E-state index >= 15 is 0 Å². The zero-order chi connectivity index (χ0) is 18.6. The Morgan fingerprint density at radius 3 is 2.73 bits per heavy atom. The van der Waals surface area contributed by atoms with Crippen LogP contribution in [0.25, 0.3) is 10.2 Å². The van der Waals surface area contributed by atoms with E-state index in [1.807, 2.05) is 19.1 Å². The van der Waals surface area contributed by atoms with Crippen molar-refractivity contribution in [2.45, 2.75) is 26.7 Å². The quantitative estimate of drug-likeness (QED) is 0.733. The van der Waals surface area contributed by atoms with Gasteiger partial charge in [0, 0.05) is 11.9 Å². The monoisotopic (exact) mass is 367 g/mol. The summed E-state index contributed by atoms with van der Waals surface area (Å²) in [5.74, 6) is -0.310. The van der Waals surface area contributed by atoms with E-state index in [0.29, 0.717) is 32.5 Å². The van der Waals surface area contributed by atoms with Crippen LogP contribution in [-0.4, -0.2) is 21.9 Å². The highest BCUT2D eigenvalue weighted by Gasteiger charge is 2.34. The fourth-order valence-electron chi connectivity index (χ4n) is 3.13. The molecule has 1 aliphatic heterocycles. The smallest absolute Gasteiger partial charge is 0.331 e. The van der Waals surface area contributed by atoms with Crippen LogP contribution in [0.2, 0.25) is 0 Å². The molecule has 0 saturated heterocycles. The van der Waals surface area contributed by atoms with E-state index in [0.717, 1.165) is 11.1 Å². The van der Waals surface area contributed by atoms with Gasteiger partial charge in [-0.1, -0.05) is 13.8 Å². The largest absolute Gasteiger partial charge is 0.365 e. The molecule has 8 heteroatoms. The summed E-state index contributed by atoms with van der Waals surface area (Å²) in [6.45, 7) is 5.97. The minimum Gasteiger partial charge on any atom is -0.365 e. The van der Waals surface area contributed by atoms with Gasteiger partial charge in [-0.2, -0.15) is 0 Å². The highest BCUT2D eigenvalue weighted by molar-refractivity contribution is 7.21. The topological polar surface area (TPSA) is 101 Å². The number of primary amides is 1. The molecule has 26 heavy (non-hydrogen) atoms. The molecular weight excluding hydrogens is 350 g/mol. The number of carbonyl (C=O) groups excluding carboxylic acids is 2. The second-order valence-corrected chi connectivity index (χ2v) is 7.44. The lowest BCUT2D eigenvalue weighted by Gasteiger charge is -2.29. The molecule has 0 fully saturated rings. The number of urea groups is 1. The Labute approximate surface area is 153 Å². The SMILES string of the molecule is Cc1nc(C(C)C)ccc1N1C(=O)Nc2ccnc3sc(C(N)=O)c1c23. The van der Waals surface area contributed by atoms with Gasteiger partial charge < -0.3 is 11.1 Å². The highest BCUT2D eigenvalue weighted by Crippen LogP contribution is 2.47. The van der Waals surface area contributed by atoms with Gasteiger partial charge in [0.25, 0.3) is 5.91 Å². The number of anilines is 3. The molecule has 0 bridgehead atoms. The summed E-state index contributed by atoms with van der Waals surface area (Å²) in [5.41, 5.74) is 8.95. The van der Waals surface area contributed by atoms with E-state index < -0.39 is 5.91 Å². The van der Waals surface area contributed by atoms with Crippen LogP contribution in [0.3, 0.4) is 0 Å². The zero-order valence-electron chi connectivity index (χ0n) is 14.5. The van der Waals surface area contributed by atoms with E-state index in [9.17, 15) is 9.59 Å². The Bertz CT molecular complexity index is 1070. The molecule has 0 spiro atoms. The molecule has 4 rings (SSSR count). The molecule has 0 atom stereocenters. The molecule has 7 nitrogen and oxygen atoms in total. The van der Waals surface area contributed by atoms with Crippen LogP contribution >= 0.6 is 11.3 Å². The lowest BCUT2D eigenvalue weighted by molar-refractivity contribution is 0.100. The number of nitrogens with two attached hydrogens (primary N) is 1. The normalized spacial score (nSPS) is 13.4. The number of amides is 3. The van der Waals surface area contributed by atoms with Gasteiger partial charge in [0.1, 0.15) is 9.71 Å². The van der Waals surface area contributed by atoms with Gasteiger partial charge >= 0.3 is 6.03 Å². The number of hydrogen-bond donors (Lipinski definition) is 2. The molecule has 0 radical (unpaired) electrons. The number of nitrogens with zero attached hydrogens (tertiary/aromatic N) is 3. The Kier molecular flexibility index (Phi) is 3.66.